The zero-order valence-electron chi connectivity index (χ0n) is 19.6. The van der Waals surface area contributed by atoms with E-state index in [0.717, 1.165) is 22.5 Å². The van der Waals surface area contributed by atoms with Crippen LogP contribution in [0.2, 0.25) is 0 Å². The molecule has 2 atom stereocenters. The summed E-state index contributed by atoms with van der Waals surface area (Å²) in [6.45, 7) is 9.04. The molecule has 6 nitrogen and oxygen atoms in total. The molecule has 0 radical (unpaired) electrons. The molecule has 3 heterocycles. The number of nitrogens with one attached hydrogen (secondary N) is 2. The first kappa shape index (κ1) is 23.0. The molecule has 1 saturated heterocycles. The van der Waals surface area contributed by atoms with Crippen molar-refractivity contribution in [3.8, 4) is 0 Å². The highest BCUT2D eigenvalue weighted by atomic mass is 32.1. The van der Waals surface area contributed by atoms with E-state index >= 15 is 0 Å². The Bertz CT molecular complexity index is 1130. The van der Waals surface area contributed by atoms with Gasteiger partial charge in [-0.3, -0.25) is 9.78 Å². The lowest BCUT2D eigenvalue weighted by Gasteiger charge is -2.27. The number of aromatic nitrogens is 2. The van der Waals surface area contributed by atoms with E-state index < -0.39 is 0 Å². The summed E-state index contributed by atoms with van der Waals surface area (Å²) in [5, 5.41) is 7.12. The van der Waals surface area contributed by atoms with Gasteiger partial charge in [0.1, 0.15) is 0 Å². The molecule has 1 aliphatic rings. The number of benzene rings is 1. The van der Waals surface area contributed by atoms with Crippen molar-refractivity contribution in [2.45, 2.75) is 51.7 Å². The third-order valence-electron chi connectivity index (χ3n) is 6.03. The molecule has 4 rings (SSSR count). The molecule has 0 saturated carbocycles. The molecule has 0 spiro atoms. The minimum atomic E-state index is -0.0889. The first-order chi connectivity index (χ1) is 15.7. The lowest BCUT2D eigenvalue weighted by Crippen LogP contribution is -2.32. The van der Waals surface area contributed by atoms with E-state index in [1.807, 2.05) is 49.4 Å². The van der Waals surface area contributed by atoms with E-state index in [1.54, 1.807) is 6.20 Å². The van der Waals surface area contributed by atoms with E-state index in [1.165, 1.54) is 0 Å². The van der Waals surface area contributed by atoms with Gasteiger partial charge in [-0.2, -0.15) is 0 Å². The van der Waals surface area contributed by atoms with Gasteiger partial charge in [0.25, 0.3) is 0 Å². The fourth-order valence-corrected chi connectivity index (χ4v) is 4.49. The summed E-state index contributed by atoms with van der Waals surface area (Å²) in [7, 11) is 0. The van der Waals surface area contributed by atoms with Crippen molar-refractivity contribution in [3.63, 3.8) is 0 Å². The summed E-state index contributed by atoms with van der Waals surface area (Å²) in [6.07, 6.45) is 6.42. The van der Waals surface area contributed by atoms with Crippen LogP contribution in [0.4, 0.5) is 5.69 Å². The molecule has 2 N–H and O–H groups in total. The maximum Gasteiger partial charge on any atom is 0.226 e. The average molecular weight is 462 g/mol. The van der Waals surface area contributed by atoms with Crippen molar-refractivity contribution >= 4 is 28.9 Å². The van der Waals surface area contributed by atoms with E-state index in [0.29, 0.717) is 18.1 Å². The summed E-state index contributed by atoms with van der Waals surface area (Å²) >= 11 is 5.73. The van der Waals surface area contributed by atoms with Crippen LogP contribution in [0.3, 0.4) is 0 Å². The van der Waals surface area contributed by atoms with Gasteiger partial charge >= 0.3 is 0 Å². The summed E-state index contributed by atoms with van der Waals surface area (Å²) < 4.78 is 2.21. The van der Waals surface area contributed by atoms with Crippen LogP contribution in [0.5, 0.6) is 0 Å². The third-order valence-corrected chi connectivity index (χ3v) is 6.38. The van der Waals surface area contributed by atoms with Gasteiger partial charge in [-0.15, -0.1) is 0 Å². The van der Waals surface area contributed by atoms with Crippen LogP contribution in [0.1, 0.15) is 56.1 Å². The largest absolute Gasteiger partial charge is 0.352 e. The van der Waals surface area contributed by atoms with Gasteiger partial charge in [-0.25, -0.2) is 0 Å². The van der Waals surface area contributed by atoms with Crippen molar-refractivity contribution in [1.29, 1.82) is 0 Å². The van der Waals surface area contributed by atoms with Crippen LogP contribution >= 0.6 is 12.2 Å². The predicted molar refractivity (Wildman–Crippen MR) is 136 cm³/mol. The number of nitrogens with zero attached hydrogens (tertiary/aromatic N) is 3. The smallest absolute Gasteiger partial charge is 0.226 e. The van der Waals surface area contributed by atoms with E-state index in [-0.39, 0.29) is 23.5 Å². The highest BCUT2D eigenvalue weighted by molar-refractivity contribution is 7.80. The second-order valence-electron chi connectivity index (χ2n) is 9.46. The van der Waals surface area contributed by atoms with Crippen LogP contribution in [0.15, 0.2) is 67.1 Å². The van der Waals surface area contributed by atoms with Gasteiger partial charge in [0.05, 0.1) is 17.8 Å². The van der Waals surface area contributed by atoms with Crippen molar-refractivity contribution in [2.75, 3.05) is 11.9 Å². The Morgan fingerprint density at radius 1 is 1.15 bits per heavy atom. The molecule has 1 amide bonds. The molecule has 0 aliphatic carbocycles. The van der Waals surface area contributed by atoms with Crippen molar-refractivity contribution in [1.82, 2.24) is 19.8 Å². The molecule has 172 valence electrons. The zero-order chi connectivity index (χ0) is 23.6. The van der Waals surface area contributed by atoms with Crippen molar-refractivity contribution in [2.24, 2.45) is 0 Å². The molecule has 1 fully saturated rings. The monoisotopic (exact) mass is 461 g/mol. The third kappa shape index (κ3) is 5.09. The van der Waals surface area contributed by atoms with Gasteiger partial charge in [-0.1, -0.05) is 24.3 Å². The standard InChI is InChI=1S/C26H31N5OS/c1-18-9-5-6-10-20(18)28-22(32)13-16-31-24(19-12-15-30(17-19)26(2,3)4)23(29-25(31)33)21-11-7-8-14-27-21/h5-12,14-15,17,23-24H,13,16H2,1-4H3,(H,28,32)(H,29,33)/t23-,24+/m1/s1. The summed E-state index contributed by atoms with van der Waals surface area (Å²) in [4.78, 5) is 19.4. The summed E-state index contributed by atoms with van der Waals surface area (Å²) in [6, 6.07) is 15.7. The average Bonchev–Trinajstić information content (AvgIpc) is 3.39. The fraction of sp³-hybridized carbons (Fsp3) is 0.346. The number of carbonyl (C=O) groups is 1. The van der Waals surface area contributed by atoms with E-state index in [9.17, 15) is 4.79 Å². The second kappa shape index (κ2) is 9.35. The molecule has 33 heavy (non-hydrogen) atoms. The van der Waals surface area contributed by atoms with Crippen LogP contribution in [-0.4, -0.2) is 32.0 Å². The Morgan fingerprint density at radius 2 is 1.91 bits per heavy atom. The maximum absolute atomic E-state index is 12.7. The Labute approximate surface area is 201 Å². The number of aryl methyl sites for hydroxylation is 1. The van der Waals surface area contributed by atoms with Crippen LogP contribution in [-0.2, 0) is 10.3 Å². The number of thiocarbonyl (C=S) groups is 1. The predicted octanol–water partition coefficient (Wildman–Crippen LogP) is 4.95. The van der Waals surface area contributed by atoms with Gasteiger partial charge in [-0.05, 0) is 75.3 Å². The van der Waals surface area contributed by atoms with Gasteiger partial charge < -0.3 is 20.1 Å². The Kier molecular flexibility index (Phi) is 6.51. The first-order valence-corrected chi connectivity index (χ1v) is 11.7. The fourth-order valence-electron chi connectivity index (χ4n) is 4.16. The number of pyridine rings is 1. The van der Waals surface area contributed by atoms with Crippen LogP contribution in [0, 0.1) is 6.92 Å². The van der Waals surface area contributed by atoms with E-state index in [2.05, 4.69) is 64.3 Å². The quantitative estimate of drug-likeness (QED) is 0.509. The first-order valence-electron chi connectivity index (χ1n) is 11.3. The lowest BCUT2D eigenvalue weighted by atomic mass is 9.99. The van der Waals surface area contributed by atoms with Crippen LogP contribution in [0.25, 0.3) is 0 Å². The highest BCUT2D eigenvalue weighted by Gasteiger charge is 2.40. The molecule has 7 heteroatoms. The van der Waals surface area contributed by atoms with Crippen LogP contribution < -0.4 is 10.6 Å². The Hall–Kier alpha value is -3.19. The molecular weight excluding hydrogens is 430 g/mol. The minimum Gasteiger partial charge on any atom is -0.352 e. The molecule has 1 aromatic carbocycles. The number of rotatable bonds is 6. The minimum absolute atomic E-state index is 0.0243. The number of para-hydroxylation sites is 1. The molecule has 3 aromatic rings. The van der Waals surface area contributed by atoms with Crippen molar-refractivity contribution < 1.29 is 4.79 Å². The van der Waals surface area contributed by atoms with E-state index in [4.69, 9.17) is 12.2 Å². The SMILES string of the molecule is Cc1ccccc1NC(=O)CCN1C(=S)N[C@H](c2ccccn2)[C@@H]1c1ccn(C(C)(C)C)c1. The number of amides is 1. The molecule has 2 aromatic heterocycles. The Morgan fingerprint density at radius 3 is 2.58 bits per heavy atom. The molecule has 0 bridgehead atoms. The second-order valence-corrected chi connectivity index (χ2v) is 9.84. The van der Waals surface area contributed by atoms with Gasteiger partial charge in [0.2, 0.25) is 5.91 Å². The molecular formula is C26H31N5OS. The van der Waals surface area contributed by atoms with Gasteiger partial charge in [0, 0.05) is 42.8 Å². The summed E-state index contributed by atoms with van der Waals surface area (Å²) in [5.41, 5.74) is 3.94. The number of hydrogen-bond donors (Lipinski definition) is 2. The lowest BCUT2D eigenvalue weighted by molar-refractivity contribution is -0.116. The number of carbonyl (C=O) groups excluding carboxylic acids is 1. The molecule has 0 unspecified atom stereocenters. The maximum atomic E-state index is 12.7. The number of anilines is 1. The zero-order valence-corrected chi connectivity index (χ0v) is 20.4. The molecule has 1 aliphatic heterocycles. The number of hydrogen-bond acceptors (Lipinski definition) is 3. The van der Waals surface area contributed by atoms with Gasteiger partial charge in [0.15, 0.2) is 5.11 Å². The normalized spacial score (nSPS) is 18.3. The Balaban J connectivity index is 1.57. The van der Waals surface area contributed by atoms with Crippen molar-refractivity contribution in [3.05, 3.63) is 83.9 Å². The highest BCUT2D eigenvalue weighted by Crippen LogP contribution is 2.39. The topological polar surface area (TPSA) is 62.2 Å². The summed E-state index contributed by atoms with van der Waals surface area (Å²) in [5.74, 6) is -0.0283.